The van der Waals surface area contributed by atoms with Gasteiger partial charge >= 0.3 is 37.7 Å². The van der Waals surface area contributed by atoms with E-state index in [0.29, 0.717) is 0 Å². The molecule has 0 heterocycles. The zero-order chi connectivity index (χ0) is 14.9. The van der Waals surface area contributed by atoms with E-state index in [1.807, 2.05) is 0 Å². The number of carbonyl (C=O) groups is 2. The Hall–Kier alpha value is -0.0403. The molecule has 19 heavy (non-hydrogen) atoms. The molecule has 7 N–H and O–H groups in total. The Morgan fingerprint density at radius 3 is 1.63 bits per heavy atom. The molecule has 4 atom stereocenters. The van der Waals surface area contributed by atoms with Crippen LogP contribution in [0.3, 0.4) is 0 Å². The van der Waals surface area contributed by atoms with Gasteiger partial charge in [-0.1, -0.05) is 0 Å². The van der Waals surface area contributed by atoms with Gasteiger partial charge in [-0.2, -0.15) is 0 Å². The predicted molar refractivity (Wildman–Crippen MR) is 55.9 cm³/mol. The van der Waals surface area contributed by atoms with Crippen molar-refractivity contribution in [3.63, 3.8) is 0 Å². The van der Waals surface area contributed by atoms with Crippen molar-refractivity contribution in [1.29, 1.82) is 0 Å². The number of aliphatic hydroxyl groups excluding tert-OH is 5. The van der Waals surface area contributed by atoms with E-state index in [0.717, 1.165) is 0 Å². The number of aliphatic carboxylic acids is 2. The summed E-state index contributed by atoms with van der Waals surface area (Å²) in [7, 11) is 0. The molecular weight excluding hydrogens is 294 g/mol. The minimum absolute atomic E-state index is 0. The minimum atomic E-state index is -2.31. The van der Waals surface area contributed by atoms with Crippen molar-refractivity contribution >= 4 is 49.7 Å². The number of nitrogens with two attached hydrogens (primary N) is 1. The predicted octanol–water partition coefficient (Wildman–Crippen LogP) is -7.51. The Bertz CT molecular complexity index is 265. The molecule has 11 heteroatoms. The number of rotatable bonds is 6. The van der Waals surface area contributed by atoms with Crippen LogP contribution < -0.4 is 15.9 Å². The first-order valence-electron chi connectivity index (χ1n) is 4.62. The molecule has 0 fully saturated rings. The Kier molecular flexibility index (Phi) is 16.4. The van der Waals surface area contributed by atoms with Gasteiger partial charge in [-0.05, 0) is 0 Å². The number of carboxylic acid groups (broad SMARTS) is 2. The molecule has 0 radical (unpaired) electrons. The van der Waals surface area contributed by atoms with E-state index in [9.17, 15) is 9.90 Å². The molecule has 0 rings (SSSR count). The summed E-state index contributed by atoms with van der Waals surface area (Å²) in [5.41, 5.74) is 4.51. The summed E-state index contributed by atoms with van der Waals surface area (Å²) in [5.74, 6) is -3.19. The summed E-state index contributed by atoms with van der Waals surface area (Å²) in [6, 6.07) is 0. The molecular formula is C8H15CaNO9. The topological polar surface area (TPSA) is 207 Å². The van der Waals surface area contributed by atoms with Crippen molar-refractivity contribution in [2.24, 2.45) is 5.73 Å². The molecule has 108 valence electrons. The van der Waals surface area contributed by atoms with E-state index in [-0.39, 0.29) is 44.3 Å². The zero-order valence-corrected chi connectivity index (χ0v) is 12.1. The summed E-state index contributed by atoms with van der Waals surface area (Å²) in [4.78, 5) is 19.1. The molecule has 0 saturated carbocycles. The second kappa shape index (κ2) is 13.0. The van der Waals surface area contributed by atoms with E-state index < -0.39 is 43.0 Å². The van der Waals surface area contributed by atoms with Crippen LogP contribution in [0.5, 0.6) is 0 Å². The van der Waals surface area contributed by atoms with Crippen LogP contribution in [0, 0.1) is 0 Å². The molecule has 0 aromatic carbocycles. The fourth-order valence-electron chi connectivity index (χ4n) is 0.662. The second-order valence-electron chi connectivity index (χ2n) is 3.07. The molecule has 0 aromatic heterocycles. The van der Waals surface area contributed by atoms with Crippen molar-refractivity contribution in [2.75, 3.05) is 13.2 Å². The van der Waals surface area contributed by atoms with Crippen LogP contribution in [0.4, 0.5) is 0 Å². The third-order valence-electron chi connectivity index (χ3n) is 1.66. The van der Waals surface area contributed by atoms with Crippen molar-refractivity contribution in [3.8, 4) is 0 Å². The van der Waals surface area contributed by atoms with E-state index in [4.69, 9.17) is 35.4 Å². The van der Waals surface area contributed by atoms with Crippen LogP contribution in [-0.2, 0) is 9.59 Å². The molecule has 0 aliphatic rings. The van der Waals surface area contributed by atoms with Crippen LogP contribution in [0.25, 0.3) is 0 Å². The third kappa shape index (κ3) is 11.5. The first kappa shape index (κ1) is 24.0. The number of carboxylic acids is 2. The molecule has 0 aliphatic heterocycles. The number of hydrogen-bond acceptors (Lipinski definition) is 10. The zero-order valence-electron chi connectivity index (χ0n) is 9.88. The van der Waals surface area contributed by atoms with E-state index in [1.165, 1.54) is 0 Å². The van der Waals surface area contributed by atoms with Crippen molar-refractivity contribution in [3.05, 3.63) is 0 Å². The number of hydrogen-bond donors (Lipinski definition) is 6. The van der Waals surface area contributed by atoms with Gasteiger partial charge in [0.1, 0.15) is 24.4 Å². The van der Waals surface area contributed by atoms with Gasteiger partial charge in [-0.3, -0.25) is 0 Å². The van der Waals surface area contributed by atoms with Gasteiger partial charge < -0.3 is 51.1 Å². The summed E-state index contributed by atoms with van der Waals surface area (Å²) >= 11 is 0. The molecule has 0 aliphatic carbocycles. The maximum absolute atomic E-state index is 9.98. The van der Waals surface area contributed by atoms with Crippen LogP contribution in [0.2, 0.25) is 0 Å². The fourth-order valence-corrected chi connectivity index (χ4v) is 0.662. The first-order valence-corrected chi connectivity index (χ1v) is 4.62. The van der Waals surface area contributed by atoms with Crippen LogP contribution in [0.1, 0.15) is 0 Å². The average molecular weight is 309 g/mol. The van der Waals surface area contributed by atoms with Crippen LogP contribution in [0.15, 0.2) is 0 Å². The van der Waals surface area contributed by atoms with Crippen molar-refractivity contribution < 1.29 is 45.3 Å². The van der Waals surface area contributed by atoms with Gasteiger partial charge in [0.15, 0.2) is 0 Å². The molecule has 0 saturated heterocycles. The van der Waals surface area contributed by atoms with Gasteiger partial charge in [0, 0.05) is 6.54 Å². The average Bonchev–Trinajstić information content (AvgIpc) is 2.35. The van der Waals surface area contributed by atoms with Crippen molar-refractivity contribution in [1.82, 2.24) is 0 Å². The van der Waals surface area contributed by atoms with Gasteiger partial charge in [-0.25, -0.2) is 0 Å². The van der Waals surface area contributed by atoms with Gasteiger partial charge in [0.2, 0.25) is 0 Å². The Balaban J connectivity index is -0.000000366. The van der Waals surface area contributed by atoms with Crippen LogP contribution in [-0.4, -0.2) is 113 Å². The molecule has 0 unspecified atom stereocenters. The van der Waals surface area contributed by atoms with Crippen molar-refractivity contribution in [2.45, 2.75) is 24.4 Å². The maximum Gasteiger partial charge on any atom is 2.00 e. The molecule has 0 bridgehead atoms. The smallest absolute Gasteiger partial charge is 0.549 e. The second-order valence-corrected chi connectivity index (χ2v) is 3.07. The summed E-state index contributed by atoms with van der Waals surface area (Å²) in [6.07, 6.45) is -8.08. The first-order chi connectivity index (χ1) is 8.18. The van der Waals surface area contributed by atoms with Gasteiger partial charge in [-0.15, -0.1) is 0 Å². The fraction of sp³-hybridized carbons (Fsp3) is 0.750. The van der Waals surface area contributed by atoms with Crippen LogP contribution >= 0.6 is 0 Å². The number of aliphatic hydroxyl groups is 5. The maximum atomic E-state index is 9.98. The SMILES string of the molecule is NCC(=O)[O-].O=C([O-])[C@H](O)[C@@H](O)[C@H](O)[C@H](O)CO.[Ca+2]. The molecule has 0 aromatic rings. The quantitative estimate of drug-likeness (QED) is 0.255. The normalized spacial score (nSPS) is 15.9. The Morgan fingerprint density at radius 1 is 1.05 bits per heavy atom. The Morgan fingerprint density at radius 2 is 1.42 bits per heavy atom. The monoisotopic (exact) mass is 309 g/mol. The van der Waals surface area contributed by atoms with E-state index >= 15 is 0 Å². The molecule has 10 nitrogen and oxygen atoms in total. The van der Waals surface area contributed by atoms with E-state index in [1.54, 1.807) is 0 Å². The van der Waals surface area contributed by atoms with E-state index in [2.05, 4.69) is 5.73 Å². The van der Waals surface area contributed by atoms with Gasteiger partial charge in [0.05, 0.1) is 18.5 Å². The largest absolute Gasteiger partial charge is 2.00 e. The molecule has 0 spiro atoms. The Labute approximate surface area is 138 Å². The summed E-state index contributed by atoms with van der Waals surface area (Å²) in [5, 5.41) is 62.6. The minimum Gasteiger partial charge on any atom is -0.549 e. The molecule has 0 amide bonds. The third-order valence-corrected chi connectivity index (χ3v) is 1.66. The number of carbonyl (C=O) groups excluding carboxylic acids is 2. The standard InChI is InChI=1S/C6H12O7.C2H5NO2.Ca/c7-1-2(8)3(9)4(10)5(11)6(12)13;3-1-2(4)5;/h2-5,7-11H,1H2,(H,12,13);1,3H2,(H,4,5);/q;;+2/p-2/t2-,3-,4+,5-;;/m1../s1. The summed E-state index contributed by atoms with van der Waals surface area (Å²) in [6.45, 7) is -1.25. The summed E-state index contributed by atoms with van der Waals surface area (Å²) < 4.78 is 0. The van der Waals surface area contributed by atoms with Gasteiger partial charge in [0.25, 0.3) is 0 Å².